The van der Waals surface area contributed by atoms with E-state index in [-0.39, 0.29) is 5.41 Å². The van der Waals surface area contributed by atoms with Crippen molar-refractivity contribution >= 4 is 5.78 Å². The number of carbonyl (C=O) groups excluding carboxylic acids is 1. The first-order valence-corrected chi connectivity index (χ1v) is 9.71. The highest BCUT2D eigenvalue weighted by atomic mass is 16.3. The molecule has 4 fully saturated rings. The van der Waals surface area contributed by atoms with E-state index < -0.39 is 0 Å². The molecule has 1 N–H and O–H groups in total. The summed E-state index contributed by atoms with van der Waals surface area (Å²) < 4.78 is 0. The zero-order valence-corrected chi connectivity index (χ0v) is 14.8. The molecular weight excluding hydrogens is 284 g/mol. The molecule has 0 aromatic rings. The van der Waals surface area contributed by atoms with Crippen LogP contribution in [-0.4, -0.2) is 17.5 Å². The van der Waals surface area contributed by atoms with Gasteiger partial charge in [0, 0.05) is 18.4 Å². The molecule has 4 rings (SSSR count). The number of hydrogen-bond acceptors (Lipinski definition) is 2. The van der Waals surface area contributed by atoms with Crippen molar-refractivity contribution < 1.29 is 9.90 Å². The van der Waals surface area contributed by atoms with E-state index in [2.05, 4.69) is 20.4 Å². The molecule has 0 radical (unpaired) electrons. The third-order valence-electron chi connectivity index (χ3n) is 8.74. The average molecular weight is 316 g/mol. The second kappa shape index (κ2) is 5.18. The molecule has 0 saturated heterocycles. The van der Waals surface area contributed by atoms with Crippen LogP contribution in [0.4, 0.5) is 0 Å². The summed E-state index contributed by atoms with van der Waals surface area (Å²) >= 11 is 0. The second-order valence-corrected chi connectivity index (χ2v) is 9.54. The van der Waals surface area contributed by atoms with Gasteiger partial charge in [0.2, 0.25) is 0 Å². The lowest BCUT2D eigenvalue weighted by Crippen LogP contribution is -2.56. The van der Waals surface area contributed by atoms with Crippen molar-refractivity contribution in [3.05, 3.63) is 12.2 Å². The summed E-state index contributed by atoms with van der Waals surface area (Å²) in [4.78, 5) is 12.5. The van der Waals surface area contributed by atoms with Gasteiger partial charge in [-0.15, -0.1) is 0 Å². The van der Waals surface area contributed by atoms with Crippen molar-refractivity contribution in [2.75, 3.05) is 6.61 Å². The Balaban J connectivity index is 1.70. The van der Waals surface area contributed by atoms with Gasteiger partial charge in [0.15, 0.2) is 0 Å². The number of aliphatic hydroxyl groups excluding tert-OH is 1. The van der Waals surface area contributed by atoms with Crippen LogP contribution in [0.2, 0.25) is 0 Å². The van der Waals surface area contributed by atoms with E-state index in [1.807, 2.05) is 0 Å². The fourth-order valence-electron chi connectivity index (χ4n) is 7.36. The van der Waals surface area contributed by atoms with Gasteiger partial charge >= 0.3 is 0 Å². The van der Waals surface area contributed by atoms with Gasteiger partial charge in [0.25, 0.3) is 0 Å². The molecule has 4 unspecified atom stereocenters. The number of Topliss-reactive ketones (excluding diaryl/α,β-unsaturated/α-hetero) is 1. The molecule has 0 spiro atoms. The highest BCUT2D eigenvalue weighted by molar-refractivity contribution is 5.87. The van der Waals surface area contributed by atoms with E-state index in [9.17, 15) is 9.90 Å². The van der Waals surface area contributed by atoms with Gasteiger partial charge in [-0.25, -0.2) is 0 Å². The van der Waals surface area contributed by atoms with Crippen LogP contribution >= 0.6 is 0 Å². The number of hydrogen-bond donors (Lipinski definition) is 1. The Morgan fingerprint density at radius 1 is 1.13 bits per heavy atom. The maximum Gasteiger partial charge on any atom is 0.139 e. The summed E-state index contributed by atoms with van der Waals surface area (Å²) in [6.07, 6.45) is 8.88. The Labute approximate surface area is 140 Å². The molecule has 0 aromatic heterocycles. The van der Waals surface area contributed by atoms with Gasteiger partial charge in [-0.3, -0.25) is 4.79 Å². The minimum atomic E-state index is -0.0529. The van der Waals surface area contributed by atoms with Gasteiger partial charge in [-0.2, -0.15) is 0 Å². The van der Waals surface area contributed by atoms with Gasteiger partial charge in [-0.05, 0) is 80.0 Å². The Hall–Kier alpha value is -0.630. The van der Waals surface area contributed by atoms with Crippen LogP contribution in [0, 0.1) is 40.4 Å². The smallest absolute Gasteiger partial charge is 0.139 e. The number of ketones is 1. The van der Waals surface area contributed by atoms with Gasteiger partial charge in [0.1, 0.15) is 5.78 Å². The van der Waals surface area contributed by atoms with Crippen LogP contribution in [-0.2, 0) is 4.79 Å². The molecule has 0 heterocycles. The van der Waals surface area contributed by atoms with E-state index in [0.29, 0.717) is 41.5 Å². The van der Waals surface area contributed by atoms with E-state index >= 15 is 0 Å². The molecule has 7 atom stereocenters. The molecule has 4 saturated carbocycles. The summed E-state index contributed by atoms with van der Waals surface area (Å²) in [5.74, 6) is 3.53. The molecule has 128 valence electrons. The fourth-order valence-corrected chi connectivity index (χ4v) is 7.36. The van der Waals surface area contributed by atoms with Crippen LogP contribution in [0.15, 0.2) is 12.2 Å². The highest BCUT2D eigenvalue weighted by Crippen LogP contribution is 2.66. The van der Waals surface area contributed by atoms with E-state index in [1.165, 1.54) is 18.4 Å². The highest BCUT2D eigenvalue weighted by Gasteiger charge is 2.61. The van der Waals surface area contributed by atoms with Crippen molar-refractivity contribution in [2.45, 2.75) is 65.2 Å². The lowest BCUT2D eigenvalue weighted by atomic mass is 9.43. The third kappa shape index (κ3) is 2.06. The predicted octanol–water partition coefficient (Wildman–Crippen LogP) is 4.37. The lowest BCUT2D eigenvalue weighted by Gasteiger charge is -2.61. The van der Waals surface area contributed by atoms with Crippen LogP contribution in [0.5, 0.6) is 0 Å². The SMILES string of the molecule is C=C1CC[C@]2(C)C3CC[C@]4(C)C(=O)CCC4C3C[C@H](CO)C2C1. The lowest BCUT2D eigenvalue weighted by molar-refractivity contribution is -0.146. The van der Waals surface area contributed by atoms with Gasteiger partial charge < -0.3 is 5.11 Å². The van der Waals surface area contributed by atoms with Crippen LogP contribution < -0.4 is 0 Å². The minimum absolute atomic E-state index is 0.0529. The van der Waals surface area contributed by atoms with E-state index in [1.54, 1.807) is 0 Å². The largest absolute Gasteiger partial charge is 0.396 e. The Morgan fingerprint density at radius 3 is 2.65 bits per heavy atom. The quantitative estimate of drug-likeness (QED) is 0.729. The van der Waals surface area contributed by atoms with Crippen molar-refractivity contribution in [1.82, 2.24) is 0 Å². The monoisotopic (exact) mass is 316 g/mol. The van der Waals surface area contributed by atoms with Crippen molar-refractivity contribution in [3.63, 3.8) is 0 Å². The van der Waals surface area contributed by atoms with Gasteiger partial charge in [0.05, 0.1) is 0 Å². The molecule has 0 bridgehead atoms. The first-order chi connectivity index (χ1) is 10.9. The first kappa shape index (κ1) is 15.9. The van der Waals surface area contributed by atoms with Crippen LogP contribution in [0.3, 0.4) is 0 Å². The number of rotatable bonds is 1. The Kier molecular flexibility index (Phi) is 3.58. The maximum absolute atomic E-state index is 12.5. The maximum atomic E-state index is 12.5. The normalized spacial score (nSPS) is 52.7. The van der Waals surface area contributed by atoms with Crippen molar-refractivity contribution in [3.8, 4) is 0 Å². The van der Waals surface area contributed by atoms with Gasteiger partial charge in [-0.1, -0.05) is 26.0 Å². The fraction of sp³-hybridized carbons (Fsp3) is 0.857. The molecule has 4 aliphatic carbocycles. The molecule has 0 aromatic carbocycles. The summed E-state index contributed by atoms with van der Waals surface area (Å²) in [6, 6.07) is 0. The van der Waals surface area contributed by atoms with Crippen molar-refractivity contribution in [2.24, 2.45) is 40.4 Å². The average Bonchev–Trinajstić information content (AvgIpc) is 2.83. The predicted molar refractivity (Wildman–Crippen MR) is 91.8 cm³/mol. The summed E-state index contributed by atoms with van der Waals surface area (Å²) in [5, 5.41) is 10.1. The van der Waals surface area contributed by atoms with Crippen LogP contribution in [0.25, 0.3) is 0 Å². The Bertz CT molecular complexity index is 538. The number of aliphatic hydroxyl groups is 1. The summed E-state index contributed by atoms with van der Waals surface area (Å²) in [7, 11) is 0. The third-order valence-corrected chi connectivity index (χ3v) is 8.74. The molecule has 2 nitrogen and oxygen atoms in total. The summed E-state index contributed by atoms with van der Waals surface area (Å²) in [5.41, 5.74) is 1.69. The number of allylic oxidation sites excluding steroid dienone is 1. The molecule has 0 amide bonds. The summed E-state index contributed by atoms with van der Waals surface area (Å²) in [6.45, 7) is 9.32. The number of carbonyl (C=O) groups is 1. The molecule has 2 heteroatoms. The first-order valence-electron chi connectivity index (χ1n) is 9.71. The molecule has 23 heavy (non-hydrogen) atoms. The van der Waals surface area contributed by atoms with Crippen LogP contribution in [0.1, 0.15) is 65.2 Å². The zero-order valence-electron chi connectivity index (χ0n) is 14.8. The van der Waals surface area contributed by atoms with Crippen molar-refractivity contribution in [1.29, 1.82) is 0 Å². The van der Waals surface area contributed by atoms with E-state index in [0.717, 1.165) is 44.4 Å². The molecular formula is C21H32O2. The Morgan fingerprint density at radius 2 is 1.91 bits per heavy atom. The molecule has 0 aliphatic heterocycles. The standard InChI is InChI=1S/C21H32O2/c1-13-6-8-20(2)17-7-9-21(3)16(4-5-19(21)23)15(17)11-14(12-22)18(20)10-13/h14-18,22H,1,4-12H2,2-3H3/t14-,15?,16?,17?,18?,20-,21+/m1/s1. The topological polar surface area (TPSA) is 37.3 Å². The van der Waals surface area contributed by atoms with E-state index in [4.69, 9.17) is 0 Å². The number of fused-ring (bicyclic) bond motifs is 5. The second-order valence-electron chi connectivity index (χ2n) is 9.54. The molecule has 4 aliphatic rings. The minimum Gasteiger partial charge on any atom is -0.396 e. The zero-order chi connectivity index (χ0) is 16.4.